The lowest BCUT2D eigenvalue weighted by Gasteiger charge is -2.17. The highest BCUT2D eigenvalue weighted by Gasteiger charge is 2.19. The molecule has 0 aromatic carbocycles. The minimum atomic E-state index is -0.787. The van der Waals surface area contributed by atoms with E-state index in [1.165, 1.54) is 4.90 Å². The maximum atomic E-state index is 11.8. The highest BCUT2D eigenvalue weighted by atomic mass is 16.3. The van der Waals surface area contributed by atoms with Crippen LogP contribution in [-0.2, 0) is 11.3 Å². The van der Waals surface area contributed by atoms with Gasteiger partial charge in [0.25, 0.3) is 5.56 Å². The number of rotatable bonds is 4. The number of aromatic amines is 1. The van der Waals surface area contributed by atoms with Crippen molar-refractivity contribution in [2.24, 2.45) is 0 Å². The van der Waals surface area contributed by atoms with E-state index in [0.717, 1.165) is 4.57 Å². The summed E-state index contributed by atoms with van der Waals surface area (Å²) >= 11 is 0. The minimum absolute atomic E-state index is 0.103. The largest absolute Gasteiger partial charge is 0.494 e. The Morgan fingerprint density at radius 1 is 1.42 bits per heavy atom. The molecule has 0 aliphatic carbocycles. The number of likely N-dealkylation sites (N-methyl/N-ethyl adjacent to an activating group) is 1. The molecule has 7 heteroatoms. The van der Waals surface area contributed by atoms with Crippen LogP contribution in [0.5, 0.6) is 5.88 Å². The molecule has 0 aliphatic heterocycles. The van der Waals surface area contributed by atoms with E-state index >= 15 is 0 Å². The molecule has 106 valence electrons. The van der Waals surface area contributed by atoms with Crippen molar-refractivity contribution in [2.45, 2.75) is 33.2 Å². The number of carbonyl (C=O) groups is 1. The number of H-pyrrole nitrogens is 1. The molecule has 1 aromatic rings. The molecule has 19 heavy (non-hydrogen) atoms. The number of aromatic hydroxyl groups is 1. The molecule has 0 fully saturated rings. The van der Waals surface area contributed by atoms with E-state index in [0.29, 0.717) is 6.54 Å². The summed E-state index contributed by atoms with van der Waals surface area (Å²) in [5.74, 6) is -1.02. The van der Waals surface area contributed by atoms with Crippen molar-refractivity contribution >= 4 is 5.91 Å². The molecular formula is C12H19N3O4. The van der Waals surface area contributed by atoms with Gasteiger partial charge in [0.15, 0.2) is 0 Å². The van der Waals surface area contributed by atoms with Gasteiger partial charge in [0.2, 0.25) is 11.8 Å². The zero-order chi connectivity index (χ0) is 14.7. The predicted octanol–water partition coefficient (Wildman–Crippen LogP) is -0.156. The molecule has 0 spiro atoms. The fourth-order valence-corrected chi connectivity index (χ4v) is 1.67. The van der Waals surface area contributed by atoms with Gasteiger partial charge in [-0.2, -0.15) is 0 Å². The van der Waals surface area contributed by atoms with Crippen LogP contribution in [-0.4, -0.2) is 39.1 Å². The first-order chi connectivity index (χ1) is 8.79. The summed E-state index contributed by atoms with van der Waals surface area (Å²) in [6.07, 6.45) is 0. The Bertz CT molecular complexity index is 586. The van der Waals surface area contributed by atoms with Gasteiger partial charge in [0.1, 0.15) is 6.54 Å². The lowest BCUT2D eigenvalue weighted by Crippen LogP contribution is -2.38. The van der Waals surface area contributed by atoms with E-state index in [-0.39, 0.29) is 23.9 Å². The molecule has 1 heterocycles. The van der Waals surface area contributed by atoms with E-state index in [9.17, 15) is 19.5 Å². The second-order valence-electron chi connectivity index (χ2n) is 4.65. The number of nitrogens with zero attached hydrogens (tertiary/aromatic N) is 2. The van der Waals surface area contributed by atoms with Crippen LogP contribution in [0.1, 0.15) is 32.3 Å². The van der Waals surface area contributed by atoms with Crippen LogP contribution in [0, 0.1) is 0 Å². The van der Waals surface area contributed by atoms with E-state index in [2.05, 4.69) is 4.98 Å². The molecule has 0 saturated carbocycles. The Morgan fingerprint density at radius 2 is 2.00 bits per heavy atom. The Kier molecular flexibility index (Phi) is 4.52. The summed E-state index contributed by atoms with van der Waals surface area (Å²) < 4.78 is 0.880. The lowest BCUT2D eigenvalue weighted by atomic mass is 10.1. The van der Waals surface area contributed by atoms with Crippen LogP contribution in [0.2, 0.25) is 0 Å². The molecule has 0 unspecified atom stereocenters. The van der Waals surface area contributed by atoms with Crippen molar-refractivity contribution < 1.29 is 9.90 Å². The van der Waals surface area contributed by atoms with Gasteiger partial charge in [0, 0.05) is 13.6 Å². The molecule has 1 amide bonds. The lowest BCUT2D eigenvalue weighted by molar-refractivity contribution is -0.130. The Labute approximate surface area is 110 Å². The summed E-state index contributed by atoms with van der Waals surface area (Å²) in [5.41, 5.74) is -1.30. The molecule has 7 nitrogen and oxygen atoms in total. The standard InChI is InChI=1S/C12H19N3O4/c1-5-14(4)8(16)6-15-11(18)9(7(2)3)10(17)13-12(15)19/h7,18H,5-6H2,1-4H3,(H,13,17,19). The third kappa shape index (κ3) is 3.04. The van der Waals surface area contributed by atoms with Gasteiger partial charge in [-0.1, -0.05) is 13.8 Å². The van der Waals surface area contributed by atoms with Crippen LogP contribution in [0.4, 0.5) is 0 Å². The van der Waals surface area contributed by atoms with Crippen LogP contribution in [0.3, 0.4) is 0 Å². The van der Waals surface area contributed by atoms with Crippen molar-refractivity contribution in [1.29, 1.82) is 0 Å². The van der Waals surface area contributed by atoms with Crippen molar-refractivity contribution in [3.8, 4) is 5.88 Å². The van der Waals surface area contributed by atoms with Gasteiger partial charge in [0.05, 0.1) is 5.56 Å². The first-order valence-corrected chi connectivity index (χ1v) is 6.09. The number of nitrogens with one attached hydrogen (secondary N) is 1. The number of carbonyl (C=O) groups excluding carboxylic acids is 1. The highest BCUT2D eigenvalue weighted by molar-refractivity contribution is 5.75. The zero-order valence-electron chi connectivity index (χ0n) is 11.6. The average molecular weight is 269 g/mol. The topological polar surface area (TPSA) is 95.4 Å². The highest BCUT2D eigenvalue weighted by Crippen LogP contribution is 2.19. The maximum absolute atomic E-state index is 11.8. The van der Waals surface area contributed by atoms with Gasteiger partial charge >= 0.3 is 5.69 Å². The molecule has 1 rings (SSSR count). The summed E-state index contributed by atoms with van der Waals surface area (Å²) in [7, 11) is 1.60. The van der Waals surface area contributed by atoms with E-state index in [4.69, 9.17) is 0 Å². The SMILES string of the molecule is CCN(C)C(=O)Cn1c(O)c(C(C)C)c(=O)[nH]c1=O. The monoisotopic (exact) mass is 269 g/mol. The van der Waals surface area contributed by atoms with E-state index < -0.39 is 17.1 Å². The third-order valence-corrected chi connectivity index (χ3v) is 2.98. The van der Waals surface area contributed by atoms with Crippen molar-refractivity contribution in [3.05, 3.63) is 26.4 Å². The fraction of sp³-hybridized carbons (Fsp3) is 0.583. The number of hydrogen-bond acceptors (Lipinski definition) is 4. The van der Waals surface area contributed by atoms with Crippen molar-refractivity contribution in [1.82, 2.24) is 14.5 Å². The summed E-state index contributed by atoms with van der Waals surface area (Å²) in [6.45, 7) is 5.44. The van der Waals surface area contributed by atoms with Gasteiger partial charge in [-0.15, -0.1) is 0 Å². The predicted molar refractivity (Wildman–Crippen MR) is 70.4 cm³/mol. The molecular weight excluding hydrogens is 250 g/mol. The summed E-state index contributed by atoms with van der Waals surface area (Å²) in [6, 6.07) is 0. The molecule has 2 N–H and O–H groups in total. The zero-order valence-corrected chi connectivity index (χ0v) is 11.6. The average Bonchev–Trinajstić information content (AvgIpc) is 2.32. The van der Waals surface area contributed by atoms with Crippen molar-refractivity contribution in [2.75, 3.05) is 13.6 Å². The summed E-state index contributed by atoms with van der Waals surface area (Å²) in [4.78, 5) is 38.6. The smallest absolute Gasteiger partial charge is 0.331 e. The number of hydrogen-bond donors (Lipinski definition) is 2. The molecule has 0 radical (unpaired) electrons. The van der Waals surface area contributed by atoms with Crippen LogP contribution in [0.15, 0.2) is 9.59 Å². The second kappa shape index (κ2) is 5.73. The maximum Gasteiger partial charge on any atom is 0.331 e. The Morgan fingerprint density at radius 3 is 2.47 bits per heavy atom. The molecule has 0 aliphatic rings. The minimum Gasteiger partial charge on any atom is -0.494 e. The first-order valence-electron chi connectivity index (χ1n) is 6.09. The van der Waals surface area contributed by atoms with E-state index in [1.54, 1.807) is 27.8 Å². The molecule has 1 aromatic heterocycles. The van der Waals surface area contributed by atoms with Crippen LogP contribution >= 0.6 is 0 Å². The number of aromatic nitrogens is 2. The van der Waals surface area contributed by atoms with Crippen LogP contribution < -0.4 is 11.2 Å². The molecule has 0 bridgehead atoms. The van der Waals surface area contributed by atoms with Gasteiger partial charge in [-0.05, 0) is 12.8 Å². The molecule has 0 atom stereocenters. The Balaban J connectivity index is 3.30. The summed E-state index contributed by atoms with van der Waals surface area (Å²) in [5, 5.41) is 10.00. The van der Waals surface area contributed by atoms with E-state index in [1.807, 2.05) is 0 Å². The van der Waals surface area contributed by atoms with Crippen molar-refractivity contribution in [3.63, 3.8) is 0 Å². The molecule has 0 saturated heterocycles. The quantitative estimate of drug-likeness (QED) is 0.794. The second-order valence-corrected chi connectivity index (χ2v) is 4.65. The third-order valence-electron chi connectivity index (χ3n) is 2.98. The normalized spacial score (nSPS) is 10.8. The Hall–Kier alpha value is -2.05. The van der Waals surface area contributed by atoms with Gasteiger partial charge in [-0.3, -0.25) is 19.1 Å². The number of amides is 1. The van der Waals surface area contributed by atoms with Gasteiger partial charge < -0.3 is 10.0 Å². The van der Waals surface area contributed by atoms with Gasteiger partial charge in [-0.25, -0.2) is 4.79 Å². The van der Waals surface area contributed by atoms with Crippen LogP contribution in [0.25, 0.3) is 0 Å². The fourth-order valence-electron chi connectivity index (χ4n) is 1.67. The first kappa shape index (κ1) is 15.0.